The number of carbonyl (C=O) groups is 1. The molecule has 2 aromatic rings. The van der Waals surface area contributed by atoms with E-state index in [0.717, 1.165) is 24.3 Å². The average molecular weight is 340 g/mol. The summed E-state index contributed by atoms with van der Waals surface area (Å²) in [5.74, 6) is 0.0544. The molecule has 0 spiro atoms. The molecule has 5 nitrogen and oxygen atoms in total. The first-order valence-corrected chi connectivity index (χ1v) is 8.93. The zero-order valence-electron chi connectivity index (χ0n) is 15.9. The van der Waals surface area contributed by atoms with Crippen LogP contribution in [0.15, 0.2) is 24.3 Å². The summed E-state index contributed by atoms with van der Waals surface area (Å²) in [4.78, 5) is 16.4. The largest absolute Gasteiger partial charge is 0.345 e. The molecule has 0 saturated carbocycles. The maximum atomic E-state index is 12.2. The minimum absolute atomic E-state index is 0.0544. The smallest absolute Gasteiger partial charge is 0.253 e. The van der Waals surface area contributed by atoms with E-state index in [0.29, 0.717) is 6.04 Å². The molecular weight excluding hydrogens is 312 g/mol. The summed E-state index contributed by atoms with van der Waals surface area (Å²) in [5.41, 5.74) is 5.71. The van der Waals surface area contributed by atoms with Crippen LogP contribution in [0.3, 0.4) is 0 Å². The van der Waals surface area contributed by atoms with Gasteiger partial charge >= 0.3 is 0 Å². The zero-order chi connectivity index (χ0) is 18.1. The molecule has 1 aromatic heterocycles. The normalized spacial score (nSPS) is 17.9. The monoisotopic (exact) mass is 340 g/mol. The van der Waals surface area contributed by atoms with Crippen molar-refractivity contribution in [2.24, 2.45) is 7.05 Å². The van der Waals surface area contributed by atoms with Crippen molar-refractivity contribution < 1.29 is 4.79 Å². The van der Waals surface area contributed by atoms with Gasteiger partial charge in [0.05, 0.1) is 5.69 Å². The molecule has 0 bridgehead atoms. The molecule has 0 N–H and O–H groups in total. The Morgan fingerprint density at radius 2 is 2.08 bits per heavy atom. The highest BCUT2D eigenvalue weighted by atomic mass is 16.2. The first-order valence-electron chi connectivity index (χ1n) is 8.93. The maximum Gasteiger partial charge on any atom is 0.253 e. The van der Waals surface area contributed by atoms with E-state index in [9.17, 15) is 4.79 Å². The van der Waals surface area contributed by atoms with Crippen molar-refractivity contribution in [2.45, 2.75) is 39.3 Å². The minimum Gasteiger partial charge on any atom is -0.345 e. The summed E-state index contributed by atoms with van der Waals surface area (Å²) in [6.45, 7) is 6.22. The van der Waals surface area contributed by atoms with E-state index < -0.39 is 0 Å². The predicted molar refractivity (Wildman–Crippen MR) is 99.5 cm³/mol. The number of carbonyl (C=O) groups excluding carboxylic acids is 1. The van der Waals surface area contributed by atoms with Crippen LogP contribution in [0.25, 0.3) is 0 Å². The zero-order valence-corrected chi connectivity index (χ0v) is 15.9. The van der Waals surface area contributed by atoms with E-state index in [1.54, 1.807) is 19.0 Å². The van der Waals surface area contributed by atoms with Crippen LogP contribution >= 0.6 is 0 Å². The van der Waals surface area contributed by atoms with Crippen molar-refractivity contribution in [3.8, 4) is 0 Å². The second kappa shape index (κ2) is 7.00. The van der Waals surface area contributed by atoms with Gasteiger partial charge in [0.2, 0.25) is 0 Å². The quantitative estimate of drug-likeness (QED) is 0.859. The van der Waals surface area contributed by atoms with Crippen LogP contribution in [0, 0.1) is 13.8 Å². The fraction of sp³-hybridized carbons (Fsp3) is 0.500. The van der Waals surface area contributed by atoms with E-state index in [-0.39, 0.29) is 5.91 Å². The Labute approximate surface area is 150 Å². The topological polar surface area (TPSA) is 41.4 Å². The molecule has 1 aliphatic heterocycles. The van der Waals surface area contributed by atoms with Crippen LogP contribution in [-0.2, 0) is 13.6 Å². The van der Waals surface area contributed by atoms with E-state index in [1.165, 1.54) is 29.7 Å². The lowest BCUT2D eigenvalue weighted by atomic mass is 10.0. The number of aromatic nitrogens is 2. The van der Waals surface area contributed by atoms with Crippen molar-refractivity contribution in [1.29, 1.82) is 0 Å². The van der Waals surface area contributed by atoms with Gasteiger partial charge in [-0.25, -0.2) is 0 Å². The van der Waals surface area contributed by atoms with Gasteiger partial charge in [-0.2, -0.15) is 5.10 Å². The van der Waals surface area contributed by atoms with Crippen LogP contribution in [0.4, 0.5) is 0 Å². The summed E-state index contributed by atoms with van der Waals surface area (Å²) >= 11 is 0. The number of nitrogens with zero attached hydrogens (tertiary/aromatic N) is 4. The Kier molecular flexibility index (Phi) is 4.95. The molecular formula is C20H28N4O. The lowest BCUT2D eigenvalue weighted by Gasteiger charge is -2.25. The van der Waals surface area contributed by atoms with Gasteiger partial charge in [-0.1, -0.05) is 12.1 Å². The number of hydrogen-bond donors (Lipinski definition) is 0. The number of amides is 1. The summed E-state index contributed by atoms with van der Waals surface area (Å²) in [5, 5.41) is 4.59. The summed E-state index contributed by atoms with van der Waals surface area (Å²) in [6, 6.07) is 8.44. The minimum atomic E-state index is 0.0544. The Morgan fingerprint density at radius 3 is 2.72 bits per heavy atom. The van der Waals surface area contributed by atoms with Gasteiger partial charge in [0, 0.05) is 50.6 Å². The Morgan fingerprint density at radius 1 is 1.32 bits per heavy atom. The van der Waals surface area contributed by atoms with E-state index >= 15 is 0 Å². The molecule has 3 rings (SSSR count). The first-order chi connectivity index (χ1) is 11.9. The SMILES string of the molecule is Cc1nn(C)c(C)c1[C@H]1CCCN1Cc1cccc(C(=O)N(C)C)c1. The Hall–Kier alpha value is -2.14. The van der Waals surface area contributed by atoms with Gasteiger partial charge in [-0.15, -0.1) is 0 Å². The molecule has 1 atom stereocenters. The van der Waals surface area contributed by atoms with Crippen molar-refractivity contribution in [1.82, 2.24) is 19.6 Å². The lowest BCUT2D eigenvalue weighted by Crippen LogP contribution is -2.24. The third kappa shape index (κ3) is 3.47. The van der Waals surface area contributed by atoms with E-state index in [1.807, 2.05) is 29.9 Å². The van der Waals surface area contributed by atoms with Gasteiger partial charge in [-0.3, -0.25) is 14.4 Å². The third-order valence-corrected chi connectivity index (χ3v) is 5.23. The maximum absolute atomic E-state index is 12.2. The second-order valence-electron chi connectivity index (χ2n) is 7.24. The number of rotatable bonds is 4. The molecule has 25 heavy (non-hydrogen) atoms. The molecule has 1 fully saturated rings. The highest BCUT2D eigenvalue weighted by molar-refractivity contribution is 5.94. The standard InChI is InChI=1S/C20H28N4O/c1-14-19(15(2)23(5)21-14)18-10-7-11-24(18)13-16-8-6-9-17(12-16)20(25)22(3)4/h6,8-9,12,18H,7,10-11,13H2,1-5H3/t18-/m1/s1. The van der Waals surface area contributed by atoms with Crippen LogP contribution in [0.2, 0.25) is 0 Å². The molecule has 1 aliphatic rings. The summed E-state index contributed by atoms with van der Waals surface area (Å²) in [6.07, 6.45) is 2.37. The molecule has 1 saturated heterocycles. The van der Waals surface area contributed by atoms with Crippen LogP contribution in [-0.4, -0.2) is 46.1 Å². The van der Waals surface area contributed by atoms with Crippen molar-refractivity contribution in [3.63, 3.8) is 0 Å². The molecule has 0 unspecified atom stereocenters. The fourth-order valence-corrected chi connectivity index (χ4v) is 3.91. The fourth-order valence-electron chi connectivity index (χ4n) is 3.91. The average Bonchev–Trinajstić information content (AvgIpc) is 3.11. The number of aryl methyl sites for hydroxylation is 2. The Bertz CT molecular complexity index is 778. The molecule has 0 radical (unpaired) electrons. The third-order valence-electron chi connectivity index (χ3n) is 5.23. The van der Waals surface area contributed by atoms with E-state index in [2.05, 4.69) is 29.9 Å². The predicted octanol–water partition coefficient (Wildman–Crippen LogP) is 3.08. The van der Waals surface area contributed by atoms with Crippen molar-refractivity contribution >= 4 is 5.91 Å². The van der Waals surface area contributed by atoms with Crippen molar-refractivity contribution in [3.05, 3.63) is 52.3 Å². The van der Waals surface area contributed by atoms with Crippen LogP contribution < -0.4 is 0 Å². The number of benzene rings is 1. The number of hydrogen-bond acceptors (Lipinski definition) is 3. The lowest BCUT2D eigenvalue weighted by molar-refractivity contribution is 0.0827. The van der Waals surface area contributed by atoms with Gasteiger partial charge in [0.25, 0.3) is 5.91 Å². The molecule has 5 heteroatoms. The summed E-state index contributed by atoms with van der Waals surface area (Å²) < 4.78 is 1.98. The second-order valence-corrected chi connectivity index (χ2v) is 7.24. The number of likely N-dealkylation sites (tertiary alicyclic amines) is 1. The molecule has 2 heterocycles. The molecule has 0 aliphatic carbocycles. The van der Waals surface area contributed by atoms with Gasteiger partial charge < -0.3 is 4.90 Å². The van der Waals surface area contributed by atoms with Gasteiger partial charge in [0.15, 0.2) is 0 Å². The van der Waals surface area contributed by atoms with Gasteiger partial charge in [-0.05, 0) is 50.9 Å². The van der Waals surface area contributed by atoms with E-state index in [4.69, 9.17) is 0 Å². The Balaban J connectivity index is 1.83. The summed E-state index contributed by atoms with van der Waals surface area (Å²) in [7, 11) is 5.60. The highest BCUT2D eigenvalue weighted by Crippen LogP contribution is 2.36. The van der Waals surface area contributed by atoms with Crippen LogP contribution in [0.5, 0.6) is 0 Å². The molecule has 1 aromatic carbocycles. The first kappa shape index (κ1) is 17.7. The van der Waals surface area contributed by atoms with Crippen molar-refractivity contribution in [2.75, 3.05) is 20.6 Å². The molecule has 134 valence electrons. The molecule has 1 amide bonds. The highest BCUT2D eigenvalue weighted by Gasteiger charge is 2.30. The van der Waals surface area contributed by atoms with Crippen LogP contribution in [0.1, 0.15) is 51.8 Å². The van der Waals surface area contributed by atoms with Gasteiger partial charge in [0.1, 0.15) is 0 Å².